The zero-order valence-electron chi connectivity index (χ0n) is 12.4. The van der Waals surface area contributed by atoms with Gasteiger partial charge in [-0.2, -0.15) is 0 Å². The Kier molecular flexibility index (Phi) is 6.77. The zero-order valence-corrected chi connectivity index (χ0v) is 12.4. The summed E-state index contributed by atoms with van der Waals surface area (Å²) in [6.07, 6.45) is 0.926. The largest absolute Gasteiger partial charge is 0.466 e. The van der Waals surface area contributed by atoms with E-state index < -0.39 is 0 Å². The van der Waals surface area contributed by atoms with E-state index >= 15 is 0 Å². The summed E-state index contributed by atoms with van der Waals surface area (Å²) in [4.78, 5) is 23.0. The number of benzene rings is 1. The Morgan fingerprint density at radius 2 is 1.85 bits per heavy atom. The van der Waals surface area contributed by atoms with Crippen LogP contribution in [0, 0.1) is 0 Å². The molecule has 1 aromatic carbocycles. The number of esters is 1. The lowest BCUT2D eigenvalue weighted by Gasteiger charge is -2.08. The molecule has 0 aromatic heterocycles. The van der Waals surface area contributed by atoms with Crippen LogP contribution in [-0.4, -0.2) is 25.0 Å². The van der Waals surface area contributed by atoms with E-state index in [1.54, 1.807) is 6.92 Å². The van der Waals surface area contributed by atoms with E-state index in [4.69, 9.17) is 4.74 Å². The topological polar surface area (TPSA) is 55.4 Å². The molecule has 0 heterocycles. The zero-order chi connectivity index (χ0) is 15.0. The average molecular weight is 277 g/mol. The highest BCUT2D eigenvalue weighted by atomic mass is 16.5. The smallest absolute Gasteiger partial charge is 0.305 e. The summed E-state index contributed by atoms with van der Waals surface area (Å²) < 4.78 is 4.82. The SMILES string of the molecule is CCOC(=O)CCCNC(=O)c1ccc(C(C)C)cc1. The van der Waals surface area contributed by atoms with Crippen LogP contribution in [0.2, 0.25) is 0 Å². The van der Waals surface area contributed by atoms with Gasteiger partial charge in [-0.15, -0.1) is 0 Å². The molecule has 0 fully saturated rings. The Labute approximate surface area is 120 Å². The average Bonchev–Trinajstić information content (AvgIpc) is 2.43. The monoisotopic (exact) mass is 277 g/mol. The molecule has 110 valence electrons. The molecule has 1 rings (SSSR count). The second kappa shape index (κ2) is 8.35. The minimum atomic E-state index is -0.219. The van der Waals surface area contributed by atoms with Crippen LogP contribution in [0.4, 0.5) is 0 Å². The van der Waals surface area contributed by atoms with E-state index in [1.165, 1.54) is 5.56 Å². The highest BCUT2D eigenvalue weighted by molar-refractivity contribution is 5.94. The number of nitrogens with one attached hydrogen (secondary N) is 1. The van der Waals surface area contributed by atoms with E-state index in [9.17, 15) is 9.59 Å². The fourth-order valence-corrected chi connectivity index (χ4v) is 1.79. The van der Waals surface area contributed by atoms with Gasteiger partial charge in [-0.1, -0.05) is 26.0 Å². The number of carbonyl (C=O) groups is 2. The third-order valence-electron chi connectivity index (χ3n) is 2.99. The molecule has 20 heavy (non-hydrogen) atoms. The molecule has 1 aromatic rings. The van der Waals surface area contributed by atoms with Crippen molar-refractivity contribution in [2.24, 2.45) is 0 Å². The van der Waals surface area contributed by atoms with Crippen LogP contribution in [-0.2, 0) is 9.53 Å². The Balaban J connectivity index is 2.34. The maximum absolute atomic E-state index is 11.9. The molecule has 0 spiro atoms. The lowest BCUT2D eigenvalue weighted by atomic mass is 10.0. The van der Waals surface area contributed by atoms with Gasteiger partial charge in [0, 0.05) is 18.5 Å². The maximum atomic E-state index is 11.9. The first-order chi connectivity index (χ1) is 9.54. The molecule has 0 aliphatic rings. The highest BCUT2D eigenvalue weighted by Crippen LogP contribution is 2.14. The minimum absolute atomic E-state index is 0.107. The Bertz CT molecular complexity index is 438. The van der Waals surface area contributed by atoms with Crippen molar-refractivity contribution in [2.45, 2.75) is 39.5 Å². The quantitative estimate of drug-likeness (QED) is 0.616. The summed E-state index contributed by atoms with van der Waals surface area (Å²) in [6, 6.07) is 7.60. The van der Waals surface area contributed by atoms with Gasteiger partial charge in [-0.05, 0) is 37.0 Å². The van der Waals surface area contributed by atoms with E-state index in [0.717, 1.165) is 0 Å². The molecule has 1 amide bonds. The van der Waals surface area contributed by atoms with Gasteiger partial charge in [0.2, 0.25) is 0 Å². The first kappa shape index (κ1) is 16.2. The second-order valence-electron chi connectivity index (χ2n) is 4.94. The number of hydrogen-bond acceptors (Lipinski definition) is 3. The number of amides is 1. The molecule has 0 aliphatic heterocycles. The molecule has 0 saturated carbocycles. The van der Waals surface area contributed by atoms with Crippen LogP contribution in [0.1, 0.15) is 55.5 Å². The van der Waals surface area contributed by atoms with Crippen molar-refractivity contribution in [1.29, 1.82) is 0 Å². The van der Waals surface area contributed by atoms with Gasteiger partial charge in [0.1, 0.15) is 0 Å². The van der Waals surface area contributed by atoms with Crippen LogP contribution >= 0.6 is 0 Å². The molecule has 4 nitrogen and oxygen atoms in total. The lowest BCUT2D eigenvalue weighted by molar-refractivity contribution is -0.143. The Morgan fingerprint density at radius 3 is 2.40 bits per heavy atom. The highest BCUT2D eigenvalue weighted by Gasteiger charge is 2.07. The number of ether oxygens (including phenoxy) is 1. The molecule has 0 bridgehead atoms. The van der Waals surface area contributed by atoms with Gasteiger partial charge in [0.15, 0.2) is 0 Å². The molecule has 0 saturated heterocycles. The van der Waals surface area contributed by atoms with Gasteiger partial charge in [0.25, 0.3) is 5.91 Å². The van der Waals surface area contributed by atoms with Crippen molar-refractivity contribution >= 4 is 11.9 Å². The number of carbonyl (C=O) groups excluding carboxylic acids is 2. The Morgan fingerprint density at radius 1 is 1.20 bits per heavy atom. The van der Waals surface area contributed by atoms with Crippen LogP contribution in [0.25, 0.3) is 0 Å². The standard InChI is InChI=1S/C16H23NO3/c1-4-20-15(18)6-5-11-17-16(19)14-9-7-13(8-10-14)12(2)3/h7-10,12H,4-6,11H2,1-3H3,(H,17,19). The van der Waals surface area contributed by atoms with Crippen LogP contribution in [0.3, 0.4) is 0 Å². The maximum Gasteiger partial charge on any atom is 0.305 e. The van der Waals surface area contributed by atoms with Gasteiger partial charge < -0.3 is 10.1 Å². The normalized spacial score (nSPS) is 10.4. The summed E-state index contributed by atoms with van der Waals surface area (Å²) in [6.45, 7) is 6.88. The molecule has 1 N–H and O–H groups in total. The van der Waals surface area contributed by atoms with Crippen LogP contribution in [0.5, 0.6) is 0 Å². The van der Waals surface area contributed by atoms with Gasteiger partial charge in [0.05, 0.1) is 6.61 Å². The van der Waals surface area contributed by atoms with Crippen molar-refractivity contribution in [1.82, 2.24) is 5.32 Å². The predicted molar refractivity (Wildman–Crippen MR) is 78.7 cm³/mol. The van der Waals surface area contributed by atoms with Gasteiger partial charge in [-0.3, -0.25) is 9.59 Å². The van der Waals surface area contributed by atoms with Crippen molar-refractivity contribution < 1.29 is 14.3 Å². The molecule has 0 aliphatic carbocycles. The first-order valence-electron chi connectivity index (χ1n) is 7.08. The van der Waals surface area contributed by atoms with E-state index in [0.29, 0.717) is 37.5 Å². The van der Waals surface area contributed by atoms with Crippen molar-refractivity contribution in [3.05, 3.63) is 35.4 Å². The van der Waals surface area contributed by atoms with Crippen molar-refractivity contribution in [3.63, 3.8) is 0 Å². The third kappa shape index (κ3) is 5.43. The first-order valence-corrected chi connectivity index (χ1v) is 7.08. The molecule has 0 radical (unpaired) electrons. The fourth-order valence-electron chi connectivity index (χ4n) is 1.79. The summed E-state index contributed by atoms with van der Waals surface area (Å²) in [7, 11) is 0. The van der Waals surface area contributed by atoms with Crippen molar-refractivity contribution in [2.75, 3.05) is 13.2 Å². The third-order valence-corrected chi connectivity index (χ3v) is 2.99. The van der Waals surface area contributed by atoms with Crippen LogP contribution < -0.4 is 5.32 Å². The molecule has 0 atom stereocenters. The second-order valence-corrected chi connectivity index (χ2v) is 4.94. The molecular weight excluding hydrogens is 254 g/mol. The predicted octanol–water partition coefficient (Wildman–Crippen LogP) is 2.88. The molecular formula is C16H23NO3. The van der Waals surface area contributed by atoms with E-state index in [2.05, 4.69) is 19.2 Å². The van der Waals surface area contributed by atoms with E-state index in [1.807, 2.05) is 24.3 Å². The fraction of sp³-hybridized carbons (Fsp3) is 0.500. The summed E-state index contributed by atoms with van der Waals surface area (Å²) in [5.41, 5.74) is 1.86. The van der Waals surface area contributed by atoms with Gasteiger partial charge >= 0.3 is 5.97 Å². The minimum Gasteiger partial charge on any atom is -0.466 e. The number of rotatable bonds is 7. The van der Waals surface area contributed by atoms with E-state index in [-0.39, 0.29) is 11.9 Å². The number of hydrogen-bond donors (Lipinski definition) is 1. The van der Waals surface area contributed by atoms with Gasteiger partial charge in [-0.25, -0.2) is 0 Å². The molecule has 4 heteroatoms. The summed E-state index contributed by atoms with van der Waals surface area (Å²) in [5.74, 6) is 0.129. The summed E-state index contributed by atoms with van der Waals surface area (Å²) >= 11 is 0. The summed E-state index contributed by atoms with van der Waals surface area (Å²) in [5, 5.41) is 2.80. The lowest BCUT2D eigenvalue weighted by Crippen LogP contribution is -2.25. The molecule has 0 unspecified atom stereocenters. The van der Waals surface area contributed by atoms with Crippen LogP contribution in [0.15, 0.2) is 24.3 Å². The van der Waals surface area contributed by atoms with Crippen molar-refractivity contribution in [3.8, 4) is 0 Å². The Hall–Kier alpha value is -1.84.